The summed E-state index contributed by atoms with van der Waals surface area (Å²) >= 11 is 0. The zero-order valence-electron chi connectivity index (χ0n) is 14.6. The normalized spacial score (nSPS) is 13.2. The van der Waals surface area contributed by atoms with Crippen LogP contribution in [0.25, 0.3) is 0 Å². The summed E-state index contributed by atoms with van der Waals surface area (Å²) in [6, 6.07) is 7.73. The molecule has 1 N–H and O–H groups in total. The van der Waals surface area contributed by atoms with Crippen LogP contribution in [0.1, 0.15) is 88.7 Å². The highest BCUT2D eigenvalue weighted by Gasteiger charge is 2.12. The van der Waals surface area contributed by atoms with Gasteiger partial charge in [0.2, 0.25) is 0 Å². The Morgan fingerprint density at radius 1 is 0.870 bits per heavy atom. The topological polar surface area (TPSA) is 54.4 Å². The quantitative estimate of drug-likeness (QED) is 0.392. The average Bonchev–Trinajstić information content (AvgIpc) is 2.49. The highest BCUT2D eigenvalue weighted by Crippen LogP contribution is 2.28. The second-order valence-electron chi connectivity index (χ2n) is 6.51. The lowest BCUT2D eigenvalue weighted by Crippen LogP contribution is -2.03. The van der Waals surface area contributed by atoms with E-state index in [0.717, 1.165) is 0 Å². The molecule has 0 aliphatic rings. The predicted molar refractivity (Wildman–Crippen MR) is 97.3 cm³/mol. The molecule has 23 heavy (non-hydrogen) atoms. The van der Waals surface area contributed by atoms with Crippen molar-refractivity contribution in [3.05, 3.63) is 35.4 Å². The van der Waals surface area contributed by atoms with Crippen LogP contribution in [0.2, 0.25) is 0 Å². The summed E-state index contributed by atoms with van der Waals surface area (Å²) in [5.41, 5.74) is 1.95. The second kappa shape index (κ2) is 10.8. The van der Waals surface area contributed by atoms with Gasteiger partial charge in [0.15, 0.2) is 0 Å². The van der Waals surface area contributed by atoms with Crippen LogP contribution < -0.4 is 0 Å². The second-order valence-corrected chi connectivity index (χ2v) is 7.96. The Morgan fingerprint density at radius 3 is 2.00 bits per heavy atom. The lowest BCUT2D eigenvalue weighted by atomic mass is 9.88. The van der Waals surface area contributed by atoms with Gasteiger partial charge in [0.25, 0.3) is 10.1 Å². The van der Waals surface area contributed by atoms with Crippen molar-refractivity contribution in [2.45, 2.75) is 83.3 Å². The molecule has 0 aliphatic carbocycles. The molecule has 0 aromatic heterocycles. The van der Waals surface area contributed by atoms with E-state index in [-0.39, 0.29) is 5.75 Å². The SMILES string of the molecule is CCCCCCCC(CCCC)c1ccc(CS(=O)(=O)O)cc1. The third-order valence-electron chi connectivity index (χ3n) is 4.36. The molecule has 3 nitrogen and oxygen atoms in total. The van der Waals surface area contributed by atoms with Crippen LogP contribution in [-0.2, 0) is 15.9 Å². The molecule has 0 aliphatic heterocycles. The molecule has 4 heteroatoms. The highest BCUT2D eigenvalue weighted by molar-refractivity contribution is 7.85. The molecule has 0 radical (unpaired) electrons. The first-order valence-electron chi connectivity index (χ1n) is 9.00. The van der Waals surface area contributed by atoms with Gasteiger partial charge in [0, 0.05) is 0 Å². The Kier molecular flexibility index (Phi) is 9.49. The van der Waals surface area contributed by atoms with Gasteiger partial charge in [-0.25, -0.2) is 0 Å². The molecule has 1 aromatic carbocycles. The molecule has 1 atom stereocenters. The van der Waals surface area contributed by atoms with Crippen LogP contribution in [0.5, 0.6) is 0 Å². The van der Waals surface area contributed by atoms with Gasteiger partial charge in [0.1, 0.15) is 5.75 Å². The van der Waals surface area contributed by atoms with E-state index in [1.165, 1.54) is 63.4 Å². The van der Waals surface area contributed by atoms with Gasteiger partial charge < -0.3 is 0 Å². The van der Waals surface area contributed by atoms with Crippen molar-refractivity contribution in [1.82, 2.24) is 0 Å². The van der Waals surface area contributed by atoms with Gasteiger partial charge in [-0.05, 0) is 29.9 Å². The molecule has 132 valence electrons. The number of hydrogen-bond acceptors (Lipinski definition) is 2. The van der Waals surface area contributed by atoms with Crippen molar-refractivity contribution < 1.29 is 13.0 Å². The molecule has 0 spiro atoms. The lowest BCUT2D eigenvalue weighted by Gasteiger charge is -2.17. The maximum absolute atomic E-state index is 10.9. The van der Waals surface area contributed by atoms with Crippen molar-refractivity contribution in [2.75, 3.05) is 0 Å². The molecule has 0 heterocycles. The molecule has 1 rings (SSSR count). The number of unbranched alkanes of at least 4 members (excludes halogenated alkanes) is 5. The van der Waals surface area contributed by atoms with Crippen molar-refractivity contribution in [2.24, 2.45) is 0 Å². The van der Waals surface area contributed by atoms with E-state index >= 15 is 0 Å². The Labute approximate surface area is 142 Å². The monoisotopic (exact) mass is 340 g/mol. The van der Waals surface area contributed by atoms with Crippen LogP contribution in [0.15, 0.2) is 24.3 Å². The third-order valence-corrected chi connectivity index (χ3v) is 5.06. The fourth-order valence-electron chi connectivity index (χ4n) is 3.02. The first kappa shape index (κ1) is 20.2. The Balaban J connectivity index is 2.62. The smallest absolute Gasteiger partial charge is 0.269 e. The van der Waals surface area contributed by atoms with Gasteiger partial charge >= 0.3 is 0 Å². The Hall–Kier alpha value is -0.870. The summed E-state index contributed by atoms with van der Waals surface area (Å²) in [7, 11) is -3.95. The molecule has 0 fully saturated rings. The summed E-state index contributed by atoms with van der Waals surface area (Å²) in [6.07, 6.45) is 11.3. The highest BCUT2D eigenvalue weighted by atomic mass is 32.2. The minimum atomic E-state index is -3.95. The van der Waals surface area contributed by atoms with E-state index in [0.29, 0.717) is 11.5 Å². The minimum Gasteiger partial charge on any atom is -0.285 e. The standard InChI is InChI=1S/C19H32O3S/c1-3-5-7-8-9-11-18(10-6-4-2)19-14-12-17(13-15-19)16-23(20,21)22/h12-15,18H,3-11,16H2,1-2H3,(H,20,21,22). The van der Waals surface area contributed by atoms with E-state index in [9.17, 15) is 8.42 Å². The molecule has 0 saturated carbocycles. The van der Waals surface area contributed by atoms with Gasteiger partial charge in [-0.2, -0.15) is 8.42 Å². The first-order valence-corrected chi connectivity index (χ1v) is 10.6. The van der Waals surface area contributed by atoms with Crippen LogP contribution in [0, 0.1) is 0 Å². The largest absolute Gasteiger partial charge is 0.285 e. The van der Waals surface area contributed by atoms with Crippen LogP contribution >= 0.6 is 0 Å². The van der Waals surface area contributed by atoms with Crippen molar-refractivity contribution in [3.8, 4) is 0 Å². The van der Waals surface area contributed by atoms with Crippen molar-refractivity contribution in [1.29, 1.82) is 0 Å². The van der Waals surface area contributed by atoms with Gasteiger partial charge in [-0.3, -0.25) is 4.55 Å². The first-order chi connectivity index (χ1) is 11.0. The van der Waals surface area contributed by atoms with Crippen molar-refractivity contribution in [3.63, 3.8) is 0 Å². The van der Waals surface area contributed by atoms with Gasteiger partial charge in [-0.15, -0.1) is 0 Å². The molecule has 1 unspecified atom stereocenters. The van der Waals surface area contributed by atoms with E-state index < -0.39 is 10.1 Å². The zero-order chi connectivity index (χ0) is 17.1. The average molecular weight is 341 g/mol. The van der Waals surface area contributed by atoms with E-state index in [1.54, 1.807) is 0 Å². The van der Waals surface area contributed by atoms with Crippen LogP contribution in [-0.4, -0.2) is 13.0 Å². The predicted octanol–water partition coefficient (Wildman–Crippen LogP) is 5.71. The molecule has 0 bridgehead atoms. The Morgan fingerprint density at radius 2 is 1.43 bits per heavy atom. The zero-order valence-corrected chi connectivity index (χ0v) is 15.4. The molecule has 0 saturated heterocycles. The maximum atomic E-state index is 10.9. The lowest BCUT2D eigenvalue weighted by molar-refractivity contribution is 0.482. The maximum Gasteiger partial charge on any atom is 0.269 e. The molecular formula is C19H32O3S. The van der Waals surface area contributed by atoms with Gasteiger partial charge in [-0.1, -0.05) is 83.1 Å². The van der Waals surface area contributed by atoms with E-state index in [2.05, 4.69) is 13.8 Å². The number of benzene rings is 1. The molecular weight excluding hydrogens is 308 g/mol. The fourth-order valence-corrected chi connectivity index (χ4v) is 3.63. The van der Waals surface area contributed by atoms with E-state index in [1.807, 2.05) is 24.3 Å². The Bertz CT molecular complexity index is 520. The number of hydrogen-bond donors (Lipinski definition) is 1. The van der Waals surface area contributed by atoms with E-state index in [4.69, 9.17) is 4.55 Å². The summed E-state index contributed by atoms with van der Waals surface area (Å²) in [5, 5.41) is 0. The third kappa shape index (κ3) is 9.11. The van der Waals surface area contributed by atoms with Crippen LogP contribution in [0.3, 0.4) is 0 Å². The summed E-state index contributed by atoms with van der Waals surface area (Å²) in [4.78, 5) is 0. The summed E-state index contributed by atoms with van der Waals surface area (Å²) < 4.78 is 30.8. The molecule has 0 amide bonds. The summed E-state index contributed by atoms with van der Waals surface area (Å²) in [6.45, 7) is 4.45. The molecule has 1 aromatic rings. The summed E-state index contributed by atoms with van der Waals surface area (Å²) in [5.74, 6) is 0.264. The fraction of sp³-hybridized carbons (Fsp3) is 0.684. The van der Waals surface area contributed by atoms with Crippen LogP contribution in [0.4, 0.5) is 0 Å². The number of rotatable bonds is 12. The minimum absolute atomic E-state index is 0.302. The van der Waals surface area contributed by atoms with Gasteiger partial charge in [0.05, 0.1) is 0 Å². The van der Waals surface area contributed by atoms with Crippen molar-refractivity contribution >= 4 is 10.1 Å².